The van der Waals surface area contributed by atoms with Gasteiger partial charge in [0, 0.05) is 37.2 Å². The summed E-state index contributed by atoms with van der Waals surface area (Å²) in [5.74, 6) is 0.569. The Hall–Kier alpha value is -1.15. The molecule has 1 saturated carbocycles. The molecule has 1 aromatic rings. The second-order valence-corrected chi connectivity index (χ2v) is 10.3. The van der Waals surface area contributed by atoms with Crippen LogP contribution in [0.25, 0.3) is 0 Å². The maximum absolute atomic E-state index is 12.8. The van der Waals surface area contributed by atoms with Crippen LogP contribution < -0.4 is 5.32 Å². The number of hydrogen-bond acceptors (Lipinski definition) is 4. The highest BCUT2D eigenvalue weighted by Crippen LogP contribution is 2.24. The Kier molecular flexibility index (Phi) is 7.02. The first-order valence-electron chi connectivity index (χ1n) is 10.1. The summed E-state index contributed by atoms with van der Waals surface area (Å²) in [6, 6.07) is 6.24. The van der Waals surface area contributed by atoms with E-state index < -0.39 is 10.0 Å². The van der Waals surface area contributed by atoms with Crippen molar-refractivity contribution < 1.29 is 13.2 Å². The van der Waals surface area contributed by atoms with Crippen LogP contribution in [-0.4, -0.2) is 61.8 Å². The number of rotatable bonds is 5. The molecule has 1 saturated heterocycles. The van der Waals surface area contributed by atoms with E-state index in [1.54, 1.807) is 12.1 Å². The van der Waals surface area contributed by atoms with Gasteiger partial charge in [-0.25, -0.2) is 8.42 Å². The fourth-order valence-corrected chi connectivity index (χ4v) is 5.63. The number of piperazine rings is 1. The van der Waals surface area contributed by atoms with Crippen molar-refractivity contribution in [3.05, 3.63) is 29.3 Å². The highest BCUT2D eigenvalue weighted by molar-refractivity contribution is 7.89. The van der Waals surface area contributed by atoms with Gasteiger partial charge in [-0.05, 0) is 49.9 Å². The average molecular weight is 428 g/mol. The number of benzene rings is 1. The predicted molar refractivity (Wildman–Crippen MR) is 111 cm³/mol. The van der Waals surface area contributed by atoms with Crippen LogP contribution in [0.1, 0.15) is 39.5 Å². The predicted octanol–water partition coefficient (Wildman–Crippen LogP) is 2.73. The van der Waals surface area contributed by atoms with Gasteiger partial charge in [-0.15, -0.1) is 0 Å². The summed E-state index contributed by atoms with van der Waals surface area (Å²) in [4.78, 5) is 15.0. The lowest BCUT2D eigenvalue weighted by molar-refractivity contribution is -0.127. The van der Waals surface area contributed by atoms with E-state index in [0.717, 1.165) is 6.42 Å². The normalized spacial score (nSPS) is 26.0. The molecule has 1 N–H and O–H groups in total. The standard InChI is InChI=1S/C20H30ClN3O3S/c1-15-5-3-4-6-19(15)22-20(25)16(2)23-11-13-24(14-12-23)28(26,27)18-9-7-17(21)8-10-18/h7-10,15-16,19H,3-6,11-14H2,1-2H3,(H,22,25)/t15-,16-,19-/m1/s1. The van der Waals surface area contributed by atoms with Gasteiger partial charge in [-0.3, -0.25) is 9.69 Å². The smallest absolute Gasteiger partial charge is 0.243 e. The molecule has 0 radical (unpaired) electrons. The van der Waals surface area contributed by atoms with Gasteiger partial charge in [-0.2, -0.15) is 4.31 Å². The molecule has 0 spiro atoms. The van der Waals surface area contributed by atoms with E-state index >= 15 is 0 Å². The Morgan fingerprint density at radius 2 is 1.71 bits per heavy atom. The van der Waals surface area contributed by atoms with Crippen molar-refractivity contribution in [2.24, 2.45) is 5.92 Å². The fourth-order valence-electron chi connectivity index (χ4n) is 4.09. The van der Waals surface area contributed by atoms with E-state index in [1.165, 1.54) is 35.7 Å². The van der Waals surface area contributed by atoms with Gasteiger partial charge in [0.1, 0.15) is 0 Å². The molecule has 3 atom stereocenters. The molecule has 6 nitrogen and oxygen atoms in total. The van der Waals surface area contributed by atoms with E-state index in [4.69, 9.17) is 11.6 Å². The molecule has 3 rings (SSSR count). The van der Waals surface area contributed by atoms with Crippen molar-refractivity contribution in [2.45, 2.75) is 56.5 Å². The monoisotopic (exact) mass is 427 g/mol. The number of amides is 1. The summed E-state index contributed by atoms with van der Waals surface area (Å²) in [5.41, 5.74) is 0. The minimum Gasteiger partial charge on any atom is -0.352 e. The van der Waals surface area contributed by atoms with Gasteiger partial charge < -0.3 is 5.32 Å². The zero-order valence-electron chi connectivity index (χ0n) is 16.6. The summed E-state index contributed by atoms with van der Waals surface area (Å²) in [6.45, 7) is 5.95. The van der Waals surface area contributed by atoms with Gasteiger partial charge >= 0.3 is 0 Å². The molecule has 2 fully saturated rings. The maximum atomic E-state index is 12.8. The Morgan fingerprint density at radius 3 is 2.32 bits per heavy atom. The van der Waals surface area contributed by atoms with Gasteiger partial charge in [-0.1, -0.05) is 31.4 Å². The van der Waals surface area contributed by atoms with Crippen LogP contribution in [0.5, 0.6) is 0 Å². The summed E-state index contributed by atoms with van der Waals surface area (Å²) in [7, 11) is -3.53. The van der Waals surface area contributed by atoms with Crippen LogP contribution >= 0.6 is 11.6 Å². The third-order valence-electron chi connectivity index (χ3n) is 6.09. The fraction of sp³-hybridized carbons (Fsp3) is 0.650. The second kappa shape index (κ2) is 9.11. The molecule has 1 amide bonds. The molecule has 8 heteroatoms. The molecule has 1 aromatic carbocycles. The molecule has 1 heterocycles. The van der Waals surface area contributed by atoms with Gasteiger partial charge in [0.15, 0.2) is 0 Å². The van der Waals surface area contributed by atoms with E-state index in [2.05, 4.69) is 17.1 Å². The first-order chi connectivity index (χ1) is 13.3. The van der Waals surface area contributed by atoms with Crippen LogP contribution in [0.2, 0.25) is 5.02 Å². The lowest BCUT2D eigenvalue weighted by atomic mass is 9.86. The van der Waals surface area contributed by atoms with Gasteiger partial charge in [0.25, 0.3) is 0 Å². The highest BCUT2D eigenvalue weighted by atomic mass is 35.5. The number of nitrogens with zero attached hydrogens (tertiary/aromatic N) is 2. The van der Waals surface area contributed by atoms with Crippen molar-refractivity contribution in [1.82, 2.24) is 14.5 Å². The third kappa shape index (κ3) is 4.87. The second-order valence-electron chi connectivity index (χ2n) is 7.95. The van der Waals surface area contributed by atoms with Crippen LogP contribution in [0.15, 0.2) is 29.2 Å². The van der Waals surface area contributed by atoms with Crippen molar-refractivity contribution in [1.29, 1.82) is 0 Å². The topological polar surface area (TPSA) is 69.7 Å². The summed E-state index contributed by atoms with van der Waals surface area (Å²) in [6.07, 6.45) is 4.63. The Balaban J connectivity index is 1.55. The van der Waals surface area contributed by atoms with Crippen LogP contribution in [0, 0.1) is 5.92 Å². The number of carbonyl (C=O) groups is 1. The van der Waals surface area contributed by atoms with Crippen LogP contribution in [-0.2, 0) is 14.8 Å². The van der Waals surface area contributed by atoms with Crippen molar-refractivity contribution in [2.75, 3.05) is 26.2 Å². The van der Waals surface area contributed by atoms with E-state index in [0.29, 0.717) is 37.1 Å². The number of carbonyl (C=O) groups excluding carboxylic acids is 1. The first-order valence-corrected chi connectivity index (χ1v) is 11.9. The van der Waals surface area contributed by atoms with Gasteiger partial charge in [0.05, 0.1) is 10.9 Å². The van der Waals surface area contributed by atoms with Crippen LogP contribution in [0.3, 0.4) is 0 Å². The Morgan fingerprint density at radius 1 is 1.11 bits per heavy atom. The van der Waals surface area contributed by atoms with Crippen molar-refractivity contribution in [3.63, 3.8) is 0 Å². The number of hydrogen-bond donors (Lipinski definition) is 1. The zero-order valence-corrected chi connectivity index (χ0v) is 18.2. The number of nitrogens with one attached hydrogen (secondary N) is 1. The average Bonchev–Trinajstić information content (AvgIpc) is 2.69. The largest absolute Gasteiger partial charge is 0.352 e. The molecule has 1 aliphatic heterocycles. The molecule has 0 unspecified atom stereocenters. The quantitative estimate of drug-likeness (QED) is 0.784. The first kappa shape index (κ1) is 21.6. The summed E-state index contributed by atoms with van der Waals surface area (Å²) < 4.78 is 27.1. The molecule has 0 aromatic heterocycles. The summed E-state index contributed by atoms with van der Waals surface area (Å²) >= 11 is 5.86. The van der Waals surface area contributed by atoms with Crippen LogP contribution in [0.4, 0.5) is 0 Å². The Bertz CT molecular complexity index is 776. The zero-order chi connectivity index (χ0) is 20.3. The molecule has 1 aliphatic carbocycles. The molecular weight excluding hydrogens is 398 g/mol. The maximum Gasteiger partial charge on any atom is 0.243 e. The van der Waals surface area contributed by atoms with Crippen molar-refractivity contribution in [3.8, 4) is 0 Å². The minimum atomic E-state index is -3.53. The van der Waals surface area contributed by atoms with E-state index in [9.17, 15) is 13.2 Å². The minimum absolute atomic E-state index is 0.0489. The van der Waals surface area contributed by atoms with Crippen molar-refractivity contribution >= 4 is 27.5 Å². The molecule has 2 aliphatic rings. The number of halogens is 1. The SMILES string of the molecule is C[C@@H]1CCCC[C@H]1NC(=O)[C@@H](C)N1CCN(S(=O)(=O)c2ccc(Cl)cc2)CC1. The lowest BCUT2D eigenvalue weighted by Gasteiger charge is -2.38. The molecule has 28 heavy (non-hydrogen) atoms. The number of sulfonamides is 1. The van der Waals surface area contributed by atoms with E-state index in [-0.39, 0.29) is 22.9 Å². The lowest BCUT2D eigenvalue weighted by Crippen LogP contribution is -2.56. The van der Waals surface area contributed by atoms with E-state index in [1.807, 2.05) is 6.92 Å². The Labute approximate surface area is 173 Å². The molecule has 0 bridgehead atoms. The third-order valence-corrected chi connectivity index (χ3v) is 8.26. The molecule has 156 valence electrons. The highest BCUT2D eigenvalue weighted by Gasteiger charge is 2.33. The molecular formula is C20H30ClN3O3S. The van der Waals surface area contributed by atoms with Gasteiger partial charge in [0.2, 0.25) is 15.9 Å². The summed E-state index contributed by atoms with van der Waals surface area (Å²) in [5, 5.41) is 3.72.